The minimum atomic E-state index is -0.550. The van der Waals surface area contributed by atoms with Crippen LogP contribution >= 0.6 is 11.6 Å². The molecule has 1 unspecified atom stereocenters. The van der Waals surface area contributed by atoms with E-state index in [1.165, 1.54) is 0 Å². The van der Waals surface area contributed by atoms with Crippen molar-refractivity contribution in [2.45, 2.75) is 11.8 Å². The van der Waals surface area contributed by atoms with Gasteiger partial charge in [-0.2, -0.15) is 5.26 Å². The van der Waals surface area contributed by atoms with Crippen LogP contribution in [-0.4, -0.2) is 6.61 Å². The van der Waals surface area contributed by atoms with Gasteiger partial charge in [-0.05, 0) is 23.3 Å². The second-order valence-corrected chi connectivity index (χ2v) is 3.39. The molecule has 0 radical (unpaired) electrons. The predicted molar refractivity (Wildman–Crippen MR) is 49.8 cm³/mol. The molecule has 13 heavy (non-hydrogen) atoms. The highest BCUT2D eigenvalue weighted by atomic mass is 35.5. The Balaban J connectivity index is 2.37. The first-order valence-corrected chi connectivity index (χ1v) is 4.54. The molecular formula is C10H8ClNO. The van der Waals surface area contributed by atoms with E-state index in [4.69, 9.17) is 21.6 Å². The first-order valence-electron chi connectivity index (χ1n) is 4.10. The average Bonchev–Trinajstić information content (AvgIpc) is 2.63. The van der Waals surface area contributed by atoms with Crippen molar-refractivity contribution in [1.82, 2.24) is 0 Å². The molecule has 0 saturated heterocycles. The van der Waals surface area contributed by atoms with E-state index >= 15 is 0 Å². The zero-order valence-electron chi connectivity index (χ0n) is 6.96. The molecule has 3 heteroatoms. The zero-order chi connectivity index (χ0) is 9.26. The summed E-state index contributed by atoms with van der Waals surface area (Å²) in [6.07, 6.45) is 0.915. The fourth-order valence-corrected chi connectivity index (χ4v) is 1.57. The maximum Gasteiger partial charge on any atom is 0.145 e. The monoisotopic (exact) mass is 193 g/mol. The van der Waals surface area contributed by atoms with E-state index in [1.807, 2.05) is 24.3 Å². The number of fused-ring (bicyclic) bond motifs is 1. The van der Waals surface area contributed by atoms with Gasteiger partial charge < -0.3 is 4.74 Å². The Hall–Kier alpha value is -1.20. The van der Waals surface area contributed by atoms with E-state index in [0.29, 0.717) is 0 Å². The van der Waals surface area contributed by atoms with E-state index in [9.17, 15) is 0 Å². The number of benzene rings is 1. The van der Waals surface area contributed by atoms with E-state index in [-0.39, 0.29) is 0 Å². The van der Waals surface area contributed by atoms with Crippen LogP contribution in [0.3, 0.4) is 0 Å². The van der Waals surface area contributed by atoms with Crippen LogP contribution in [0.25, 0.3) is 0 Å². The summed E-state index contributed by atoms with van der Waals surface area (Å²) in [4.78, 5) is 0. The van der Waals surface area contributed by atoms with E-state index < -0.39 is 5.38 Å². The number of ether oxygens (including phenoxy) is 1. The molecule has 0 fully saturated rings. The molecular weight excluding hydrogens is 186 g/mol. The van der Waals surface area contributed by atoms with Gasteiger partial charge in [-0.1, -0.05) is 6.07 Å². The molecule has 2 rings (SSSR count). The topological polar surface area (TPSA) is 33.0 Å². The molecule has 1 aliphatic heterocycles. The van der Waals surface area contributed by atoms with Gasteiger partial charge in [-0.25, -0.2) is 0 Å². The van der Waals surface area contributed by atoms with Gasteiger partial charge in [0.15, 0.2) is 0 Å². The normalized spacial score (nSPS) is 15.7. The fraction of sp³-hybridized carbons (Fsp3) is 0.300. The summed E-state index contributed by atoms with van der Waals surface area (Å²) in [6.45, 7) is 0.734. The molecule has 1 atom stereocenters. The summed E-state index contributed by atoms with van der Waals surface area (Å²) in [6, 6.07) is 7.66. The van der Waals surface area contributed by atoms with Crippen molar-refractivity contribution in [3.05, 3.63) is 29.3 Å². The molecule has 1 aromatic rings. The maximum absolute atomic E-state index is 8.62. The lowest BCUT2D eigenvalue weighted by atomic mass is 10.1. The molecule has 0 spiro atoms. The summed E-state index contributed by atoms with van der Waals surface area (Å²) >= 11 is 5.79. The van der Waals surface area contributed by atoms with Gasteiger partial charge in [-0.3, -0.25) is 0 Å². The molecule has 0 bridgehead atoms. The third-order valence-corrected chi connectivity index (χ3v) is 2.47. The lowest BCUT2D eigenvalue weighted by Crippen LogP contribution is -1.87. The summed E-state index contributed by atoms with van der Waals surface area (Å²) < 4.78 is 5.34. The number of hydrogen-bond donors (Lipinski definition) is 0. The lowest BCUT2D eigenvalue weighted by molar-refractivity contribution is 0.357. The largest absolute Gasteiger partial charge is 0.493 e. The smallest absolute Gasteiger partial charge is 0.145 e. The molecule has 1 aliphatic rings. The third-order valence-electron chi connectivity index (χ3n) is 2.12. The van der Waals surface area contributed by atoms with Crippen LogP contribution in [0.4, 0.5) is 0 Å². The number of nitriles is 1. The molecule has 0 aliphatic carbocycles. The Kier molecular flexibility index (Phi) is 2.12. The highest BCUT2D eigenvalue weighted by molar-refractivity contribution is 6.22. The van der Waals surface area contributed by atoms with Crippen molar-refractivity contribution in [3.8, 4) is 11.8 Å². The minimum Gasteiger partial charge on any atom is -0.493 e. The van der Waals surface area contributed by atoms with E-state index in [0.717, 1.165) is 29.9 Å². The Bertz CT molecular complexity index is 370. The first-order chi connectivity index (χ1) is 6.31. The van der Waals surface area contributed by atoms with Gasteiger partial charge in [0, 0.05) is 6.42 Å². The predicted octanol–water partition coefficient (Wildman–Crippen LogP) is 2.42. The summed E-state index contributed by atoms with van der Waals surface area (Å²) in [5, 5.41) is 8.07. The van der Waals surface area contributed by atoms with Crippen LogP contribution in [-0.2, 0) is 6.42 Å². The lowest BCUT2D eigenvalue weighted by Gasteiger charge is -2.03. The summed E-state index contributed by atoms with van der Waals surface area (Å²) in [5.41, 5.74) is 2.01. The van der Waals surface area contributed by atoms with Crippen molar-refractivity contribution in [1.29, 1.82) is 5.26 Å². The number of halogens is 1. The van der Waals surface area contributed by atoms with E-state index in [1.54, 1.807) is 0 Å². The van der Waals surface area contributed by atoms with Gasteiger partial charge in [0.2, 0.25) is 0 Å². The molecule has 2 nitrogen and oxygen atoms in total. The van der Waals surface area contributed by atoms with Gasteiger partial charge >= 0.3 is 0 Å². The number of alkyl halides is 1. The van der Waals surface area contributed by atoms with Crippen LogP contribution < -0.4 is 4.74 Å². The van der Waals surface area contributed by atoms with Crippen molar-refractivity contribution in [3.63, 3.8) is 0 Å². The average molecular weight is 194 g/mol. The second kappa shape index (κ2) is 3.27. The standard InChI is InChI=1S/C10H8ClNO/c11-9(6-12)7-1-2-10-8(5-7)3-4-13-10/h1-2,5,9H,3-4H2. The third kappa shape index (κ3) is 1.48. The molecule has 0 saturated carbocycles. The van der Waals surface area contributed by atoms with Crippen LogP contribution in [0.15, 0.2) is 18.2 Å². The Morgan fingerprint density at radius 1 is 1.54 bits per heavy atom. The van der Waals surface area contributed by atoms with Crippen molar-refractivity contribution < 1.29 is 4.74 Å². The van der Waals surface area contributed by atoms with Crippen molar-refractivity contribution in [2.75, 3.05) is 6.61 Å². The van der Waals surface area contributed by atoms with Gasteiger partial charge in [0.25, 0.3) is 0 Å². The molecule has 0 amide bonds. The van der Waals surface area contributed by atoms with Crippen molar-refractivity contribution >= 4 is 11.6 Å². The Morgan fingerprint density at radius 3 is 3.15 bits per heavy atom. The highest BCUT2D eigenvalue weighted by Crippen LogP contribution is 2.29. The number of hydrogen-bond acceptors (Lipinski definition) is 2. The fourth-order valence-electron chi connectivity index (χ4n) is 1.44. The van der Waals surface area contributed by atoms with E-state index in [2.05, 4.69) is 0 Å². The molecule has 0 N–H and O–H groups in total. The van der Waals surface area contributed by atoms with Crippen LogP contribution in [0.1, 0.15) is 16.5 Å². The molecule has 0 aromatic heterocycles. The molecule has 1 aromatic carbocycles. The van der Waals surface area contributed by atoms with Gasteiger partial charge in [-0.15, -0.1) is 11.6 Å². The molecule has 1 heterocycles. The Labute approximate surface area is 81.7 Å². The molecule has 66 valence electrons. The second-order valence-electron chi connectivity index (χ2n) is 2.96. The number of rotatable bonds is 1. The van der Waals surface area contributed by atoms with Crippen LogP contribution in [0, 0.1) is 11.3 Å². The van der Waals surface area contributed by atoms with Gasteiger partial charge in [0.05, 0.1) is 12.7 Å². The number of nitrogens with zero attached hydrogens (tertiary/aromatic N) is 1. The van der Waals surface area contributed by atoms with Gasteiger partial charge in [0.1, 0.15) is 11.1 Å². The Morgan fingerprint density at radius 2 is 2.38 bits per heavy atom. The SMILES string of the molecule is N#CC(Cl)c1ccc2c(c1)CCO2. The summed E-state index contributed by atoms with van der Waals surface area (Å²) in [5.74, 6) is 0.922. The zero-order valence-corrected chi connectivity index (χ0v) is 7.71. The van der Waals surface area contributed by atoms with Crippen LogP contribution in [0.5, 0.6) is 5.75 Å². The quantitative estimate of drug-likeness (QED) is 0.642. The highest BCUT2D eigenvalue weighted by Gasteiger charge is 2.14. The minimum absolute atomic E-state index is 0.550. The summed E-state index contributed by atoms with van der Waals surface area (Å²) in [7, 11) is 0. The van der Waals surface area contributed by atoms with Crippen molar-refractivity contribution in [2.24, 2.45) is 0 Å². The van der Waals surface area contributed by atoms with Crippen LogP contribution in [0.2, 0.25) is 0 Å². The first kappa shape index (κ1) is 8.40. The maximum atomic E-state index is 8.62.